The Balaban J connectivity index is 2.47. The minimum Gasteiger partial charge on any atom is -0.396 e. The average molecular weight is 245 g/mol. The first-order valence-corrected chi connectivity index (χ1v) is 7.87. The second kappa shape index (κ2) is 7.57. The summed E-state index contributed by atoms with van der Waals surface area (Å²) < 4.78 is 0. The lowest BCUT2D eigenvalue weighted by Gasteiger charge is -2.35. The molecule has 0 spiro atoms. The normalized spacial score (nSPS) is 28.3. The lowest BCUT2D eigenvalue weighted by Crippen LogP contribution is -2.48. The molecular weight excluding hydrogens is 218 g/mol. The summed E-state index contributed by atoms with van der Waals surface area (Å²) in [6, 6.07) is 1.13. The van der Waals surface area contributed by atoms with E-state index < -0.39 is 0 Å². The first kappa shape index (κ1) is 14.3. The quantitative estimate of drug-likeness (QED) is 0.754. The van der Waals surface area contributed by atoms with E-state index in [2.05, 4.69) is 25.4 Å². The Bertz CT molecular complexity index is 187. The second-order valence-electron chi connectivity index (χ2n) is 5.19. The molecule has 0 aromatic heterocycles. The Morgan fingerprint density at radius 2 is 2.00 bits per heavy atom. The van der Waals surface area contributed by atoms with E-state index in [1.54, 1.807) is 0 Å². The van der Waals surface area contributed by atoms with E-state index >= 15 is 0 Å². The van der Waals surface area contributed by atoms with Gasteiger partial charge in [-0.3, -0.25) is 0 Å². The van der Waals surface area contributed by atoms with E-state index in [0.29, 0.717) is 24.6 Å². The van der Waals surface area contributed by atoms with Crippen molar-refractivity contribution in [3.63, 3.8) is 0 Å². The van der Waals surface area contributed by atoms with Gasteiger partial charge < -0.3 is 10.4 Å². The largest absolute Gasteiger partial charge is 0.396 e. The van der Waals surface area contributed by atoms with Crippen molar-refractivity contribution in [3.05, 3.63) is 0 Å². The third kappa shape index (κ3) is 4.27. The van der Waals surface area contributed by atoms with Gasteiger partial charge in [-0.25, -0.2) is 0 Å². The number of aliphatic hydroxyl groups is 1. The molecule has 0 radical (unpaired) electrons. The van der Waals surface area contributed by atoms with Gasteiger partial charge in [-0.2, -0.15) is 11.8 Å². The van der Waals surface area contributed by atoms with Crippen LogP contribution in [-0.2, 0) is 0 Å². The highest BCUT2D eigenvalue weighted by Gasteiger charge is 2.27. The van der Waals surface area contributed by atoms with E-state index in [0.717, 1.165) is 11.7 Å². The summed E-state index contributed by atoms with van der Waals surface area (Å²) in [5.41, 5.74) is 0. The zero-order valence-corrected chi connectivity index (χ0v) is 11.7. The SMILES string of the molecule is CSC1CCCCC1NC(CCO)C(C)C. The molecule has 16 heavy (non-hydrogen) atoms. The van der Waals surface area contributed by atoms with Crippen LogP contribution in [0.4, 0.5) is 0 Å². The smallest absolute Gasteiger partial charge is 0.0445 e. The van der Waals surface area contributed by atoms with Crippen LogP contribution in [-0.4, -0.2) is 35.3 Å². The van der Waals surface area contributed by atoms with Gasteiger partial charge in [0, 0.05) is 23.9 Å². The first-order chi connectivity index (χ1) is 7.69. The maximum atomic E-state index is 9.09. The van der Waals surface area contributed by atoms with Gasteiger partial charge in [0.25, 0.3) is 0 Å². The summed E-state index contributed by atoms with van der Waals surface area (Å²) in [7, 11) is 0. The molecule has 3 atom stereocenters. The number of aliphatic hydroxyl groups excluding tert-OH is 1. The molecule has 0 saturated heterocycles. The topological polar surface area (TPSA) is 32.3 Å². The van der Waals surface area contributed by atoms with Crippen LogP contribution in [0.2, 0.25) is 0 Å². The highest BCUT2D eigenvalue weighted by molar-refractivity contribution is 7.99. The van der Waals surface area contributed by atoms with Crippen LogP contribution in [0.3, 0.4) is 0 Å². The molecule has 0 aliphatic heterocycles. The molecule has 1 aliphatic carbocycles. The maximum absolute atomic E-state index is 9.09. The fourth-order valence-electron chi connectivity index (χ4n) is 2.59. The predicted molar refractivity (Wildman–Crippen MR) is 73.0 cm³/mol. The van der Waals surface area contributed by atoms with Crippen LogP contribution < -0.4 is 5.32 Å². The van der Waals surface area contributed by atoms with Crippen LogP contribution in [0.1, 0.15) is 46.0 Å². The van der Waals surface area contributed by atoms with E-state index in [1.165, 1.54) is 25.7 Å². The van der Waals surface area contributed by atoms with Crippen molar-refractivity contribution in [1.82, 2.24) is 5.32 Å². The Kier molecular flexibility index (Phi) is 6.78. The van der Waals surface area contributed by atoms with Gasteiger partial charge >= 0.3 is 0 Å². The van der Waals surface area contributed by atoms with Crippen molar-refractivity contribution in [2.75, 3.05) is 12.9 Å². The summed E-state index contributed by atoms with van der Waals surface area (Å²) in [4.78, 5) is 0. The fraction of sp³-hybridized carbons (Fsp3) is 1.00. The van der Waals surface area contributed by atoms with E-state index in [9.17, 15) is 0 Å². The first-order valence-electron chi connectivity index (χ1n) is 6.58. The minimum atomic E-state index is 0.298. The van der Waals surface area contributed by atoms with Gasteiger partial charge in [0.2, 0.25) is 0 Å². The van der Waals surface area contributed by atoms with Crippen molar-refractivity contribution >= 4 is 11.8 Å². The van der Waals surface area contributed by atoms with Crippen molar-refractivity contribution in [1.29, 1.82) is 0 Å². The van der Waals surface area contributed by atoms with Crippen LogP contribution in [0.5, 0.6) is 0 Å². The van der Waals surface area contributed by atoms with Gasteiger partial charge in [-0.05, 0) is 31.4 Å². The lowest BCUT2D eigenvalue weighted by molar-refractivity contribution is 0.225. The lowest BCUT2D eigenvalue weighted by atomic mass is 9.92. The molecule has 3 heteroatoms. The van der Waals surface area contributed by atoms with Crippen LogP contribution in [0, 0.1) is 5.92 Å². The Hall–Kier alpha value is 0.270. The summed E-state index contributed by atoms with van der Waals surface area (Å²) in [5, 5.41) is 13.6. The molecule has 0 heterocycles. The maximum Gasteiger partial charge on any atom is 0.0445 e. The molecule has 1 fully saturated rings. The zero-order valence-electron chi connectivity index (χ0n) is 10.9. The molecular formula is C13H27NOS. The van der Waals surface area contributed by atoms with E-state index in [-0.39, 0.29) is 0 Å². The molecule has 96 valence electrons. The fourth-order valence-corrected chi connectivity index (χ4v) is 3.54. The summed E-state index contributed by atoms with van der Waals surface area (Å²) in [6.45, 7) is 4.78. The van der Waals surface area contributed by atoms with Crippen molar-refractivity contribution in [3.8, 4) is 0 Å². The van der Waals surface area contributed by atoms with E-state index in [1.807, 2.05) is 11.8 Å². The van der Waals surface area contributed by atoms with Gasteiger partial charge in [0.1, 0.15) is 0 Å². The molecule has 3 unspecified atom stereocenters. The minimum absolute atomic E-state index is 0.298. The second-order valence-corrected chi connectivity index (χ2v) is 6.27. The number of hydrogen-bond acceptors (Lipinski definition) is 3. The van der Waals surface area contributed by atoms with Crippen molar-refractivity contribution in [2.24, 2.45) is 5.92 Å². The standard InChI is InChI=1S/C13H27NOS/c1-10(2)11(8-9-15)14-12-6-4-5-7-13(12)16-3/h10-15H,4-9H2,1-3H3. The molecule has 0 aromatic rings. The molecule has 2 nitrogen and oxygen atoms in total. The van der Waals surface area contributed by atoms with Crippen molar-refractivity contribution < 1.29 is 5.11 Å². The Morgan fingerprint density at radius 3 is 2.56 bits per heavy atom. The third-order valence-electron chi connectivity index (χ3n) is 3.68. The number of nitrogens with one attached hydrogen (secondary N) is 1. The van der Waals surface area contributed by atoms with Crippen LogP contribution in [0.15, 0.2) is 0 Å². The molecule has 0 aromatic carbocycles. The summed E-state index contributed by atoms with van der Waals surface area (Å²) in [5.74, 6) is 0.608. The molecule has 1 aliphatic rings. The Labute approximate surface area is 105 Å². The Morgan fingerprint density at radius 1 is 1.31 bits per heavy atom. The molecule has 1 rings (SSSR count). The third-order valence-corrected chi connectivity index (χ3v) is 4.85. The van der Waals surface area contributed by atoms with E-state index in [4.69, 9.17) is 5.11 Å². The van der Waals surface area contributed by atoms with Crippen LogP contribution >= 0.6 is 11.8 Å². The number of rotatable bonds is 6. The van der Waals surface area contributed by atoms with Gasteiger partial charge in [-0.15, -0.1) is 0 Å². The van der Waals surface area contributed by atoms with Gasteiger partial charge in [-0.1, -0.05) is 26.7 Å². The molecule has 0 bridgehead atoms. The van der Waals surface area contributed by atoms with Crippen molar-refractivity contribution in [2.45, 2.75) is 63.3 Å². The van der Waals surface area contributed by atoms with Gasteiger partial charge in [0.15, 0.2) is 0 Å². The molecule has 0 amide bonds. The highest BCUT2D eigenvalue weighted by Crippen LogP contribution is 2.28. The molecule has 1 saturated carbocycles. The number of hydrogen-bond donors (Lipinski definition) is 2. The van der Waals surface area contributed by atoms with Gasteiger partial charge in [0.05, 0.1) is 0 Å². The molecule has 2 N–H and O–H groups in total. The van der Waals surface area contributed by atoms with Crippen LogP contribution in [0.25, 0.3) is 0 Å². The average Bonchev–Trinajstić information content (AvgIpc) is 2.29. The highest BCUT2D eigenvalue weighted by atomic mass is 32.2. The predicted octanol–water partition coefficient (Wildman–Crippen LogP) is 2.66. The summed E-state index contributed by atoms with van der Waals surface area (Å²) in [6.07, 6.45) is 8.51. The monoisotopic (exact) mass is 245 g/mol. The summed E-state index contributed by atoms with van der Waals surface area (Å²) >= 11 is 2.00. The number of thioether (sulfide) groups is 1. The zero-order chi connectivity index (χ0) is 12.0.